The molecular formula is C11H23NO2. The van der Waals surface area contributed by atoms with Crippen LogP contribution in [0.5, 0.6) is 0 Å². The zero-order chi connectivity index (χ0) is 11.4. The minimum absolute atomic E-state index is 0.0462. The van der Waals surface area contributed by atoms with Gasteiger partial charge >= 0.3 is 0 Å². The van der Waals surface area contributed by atoms with Crippen molar-refractivity contribution >= 4 is 5.91 Å². The lowest BCUT2D eigenvalue weighted by molar-refractivity contribution is -0.136. The molecule has 0 saturated carbocycles. The Labute approximate surface area is 87.1 Å². The Morgan fingerprint density at radius 2 is 1.93 bits per heavy atom. The molecule has 3 heteroatoms. The number of carbonyl (C=O) groups excluding carboxylic acids is 1. The highest BCUT2D eigenvalue weighted by molar-refractivity contribution is 5.78. The molecular weight excluding hydrogens is 178 g/mol. The van der Waals surface area contributed by atoms with Crippen LogP contribution in [-0.2, 0) is 4.79 Å². The number of aliphatic hydroxyl groups excluding tert-OH is 1. The van der Waals surface area contributed by atoms with Crippen molar-refractivity contribution in [2.75, 3.05) is 20.2 Å². The van der Waals surface area contributed by atoms with Gasteiger partial charge in [-0.2, -0.15) is 0 Å². The molecule has 0 heterocycles. The number of aliphatic hydroxyl groups is 1. The molecule has 14 heavy (non-hydrogen) atoms. The Balaban J connectivity index is 4.24. The molecule has 0 aliphatic heterocycles. The van der Waals surface area contributed by atoms with Gasteiger partial charge in [0.05, 0.1) is 12.5 Å². The average molecular weight is 201 g/mol. The summed E-state index contributed by atoms with van der Waals surface area (Å²) in [5.74, 6) is -0.188. The van der Waals surface area contributed by atoms with E-state index in [2.05, 4.69) is 20.8 Å². The lowest BCUT2D eigenvalue weighted by Crippen LogP contribution is -2.39. The van der Waals surface area contributed by atoms with E-state index in [0.29, 0.717) is 6.42 Å². The Morgan fingerprint density at radius 1 is 1.43 bits per heavy atom. The fourth-order valence-corrected chi connectivity index (χ4v) is 1.48. The molecule has 84 valence electrons. The van der Waals surface area contributed by atoms with Gasteiger partial charge in [-0.1, -0.05) is 27.7 Å². The predicted octanol–water partition coefficient (Wildman–Crippen LogP) is 1.51. The number of hydrogen-bond acceptors (Lipinski definition) is 2. The summed E-state index contributed by atoms with van der Waals surface area (Å²) in [6.07, 6.45) is 0.698. The third-order valence-corrected chi connectivity index (χ3v) is 2.15. The van der Waals surface area contributed by atoms with Gasteiger partial charge in [-0.3, -0.25) is 4.79 Å². The molecule has 1 N–H and O–H groups in total. The van der Waals surface area contributed by atoms with E-state index in [0.717, 1.165) is 6.54 Å². The maximum atomic E-state index is 11.7. The van der Waals surface area contributed by atoms with E-state index in [4.69, 9.17) is 5.11 Å². The van der Waals surface area contributed by atoms with Crippen LogP contribution in [0.3, 0.4) is 0 Å². The topological polar surface area (TPSA) is 40.5 Å². The van der Waals surface area contributed by atoms with Gasteiger partial charge < -0.3 is 10.0 Å². The summed E-state index contributed by atoms with van der Waals surface area (Å²) in [5.41, 5.74) is 0.109. The number of carbonyl (C=O) groups is 1. The molecule has 0 fully saturated rings. The van der Waals surface area contributed by atoms with Crippen LogP contribution in [0, 0.1) is 11.3 Å². The van der Waals surface area contributed by atoms with Crippen LogP contribution in [-0.4, -0.2) is 36.1 Å². The molecule has 0 aliphatic rings. The smallest absolute Gasteiger partial charge is 0.227 e. The Bertz CT molecular complexity index is 180. The van der Waals surface area contributed by atoms with Gasteiger partial charge in [-0.05, 0) is 11.8 Å². The quantitative estimate of drug-likeness (QED) is 0.749. The zero-order valence-electron chi connectivity index (χ0n) is 10.0. The minimum Gasteiger partial charge on any atom is -0.396 e. The summed E-state index contributed by atoms with van der Waals surface area (Å²) in [6, 6.07) is 0. The molecule has 1 amide bonds. The third-order valence-electron chi connectivity index (χ3n) is 2.15. The molecule has 0 rings (SSSR count). The van der Waals surface area contributed by atoms with Crippen molar-refractivity contribution in [3.63, 3.8) is 0 Å². The first-order valence-corrected chi connectivity index (χ1v) is 5.17. The second-order valence-electron chi connectivity index (χ2n) is 5.04. The number of hydrogen-bond donors (Lipinski definition) is 1. The van der Waals surface area contributed by atoms with E-state index in [9.17, 15) is 4.79 Å². The van der Waals surface area contributed by atoms with Gasteiger partial charge in [0.1, 0.15) is 0 Å². The SMILES string of the molecule is CCC(CO)C(=O)N(C)CC(C)(C)C. The maximum Gasteiger partial charge on any atom is 0.227 e. The summed E-state index contributed by atoms with van der Waals surface area (Å²) < 4.78 is 0. The molecule has 0 aromatic carbocycles. The lowest BCUT2D eigenvalue weighted by Gasteiger charge is -2.28. The molecule has 0 saturated heterocycles. The van der Waals surface area contributed by atoms with Crippen molar-refractivity contribution in [1.29, 1.82) is 0 Å². The van der Waals surface area contributed by atoms with Crippen LogP contribution in [0.1, 0.15) is 34.1 Å². The van der Waals surface area contributed by atoms with Gasteiger partial charge in [0.15, 0.2) is 0 Å². The second kappa shape index (κ2) is 5.35. The van der Waals surface area contributed by atoms with Crippen molar-refractivity contribution in [2.24, 2.45) is 11.3 Å². The molecule has 0 aliphatic carbocycles. The van der Waals surface area contributed by atoms with Crippen molar-refractivity contribution in [3.05, 3.63) is 0 Å². The normalized spacial score (nSPS) is 13.9. The van der Waals surface area contributed by atoms with E-state index in [1.165, 1.54) is 0 Å². The minimum atomic E-state index is -0.234. The van der Waals surface area contributed by atoms with Crippen LogP contribution in [0.4, 0.5) is 0 Å². The van der Waals surface area contributed by atoms with E-state index in [1.807, 2.05) is 6.92 Å². The molecule has 3 nitrogen and oxygen atoms in total. The first-order valence-electron chi connectivity index (χ1n) is 5.17. The standard InChI is InChI=1S/C11H23NO2/c1-6-9(7-13)10(14)12(5)8-11(2,3)4/h9,13H,6-8H2,1-5H3. The van der Waals surface area contributed by atoms with E-state index in [-0.39, 0.29) is 23.8 Å². The molecule has 0 aromatic heterocycles. The number of rotatable bonds is 4. The average Bonchev–Trinajstić information content (AvgIpc) is 2.03. The summed E-state index contributed by atoms with van der Waals surface area (Å²) in [4.78, 5) is 13.5. The van der Waals surface area contributed by atoms with Crippen LogP contribution in [0.25, 0.3) is 0 Å². The summed E-state index contributed by atoms with van der Waals surface area (Å²) in [7, 11) is 1.80. The first-order chi connectivity index (χ1) is 6.31. The lowest BCUT2D eigenvalue weighted by atomic mass is 9.95. The van der Waals surface area contributed by atoms with Gasteiger partial charge in [0.2, 0.25) is 5.91 Å². The van der Waals surface area contributed by atoms with Gasteiger partial charge in [0, 0.05) is 13.6 Å². The van der Waals surface area contributed by atoms with Gasteiger partial charge in [-0.25, -0.2) is 0 Å². The number of nitrogens with zero attached hydrogens (tertiary/aromatic N) is 1. The molecule has 1 atom stereocenters. The number of amides is 1. The molecule has 0 aromatic rings. The van der Waals surface area contributed by atoms with Gasteiger partial charge in [0.25, 0.3) is 0 Å². The Hall–Kier alpha value is -0.570. The van der Waals surface area contributed by atoms with E-state index < -0.39 is 0 Å². The van der Waals surface area contributed by atoms with E-state index >= 15 is 0 Å². The second-order valence-corrected chi connectivity index (χ2v) is 5.04. The van der Waals surface area contributed by atoms with E-state index in [1.54, 1.807) is 11.9 Å². The monoisotopic (exact) mass is 201 g/mol. The summed E-state index contributed by atoms with van der Waals surface area (Å²) in [6.45, 7) is 8.87. The summed E-state index contributed by atoms with van der Waals surface area (Å²) >= 11 is 0. The van der Waals surface area contributed by atoms with Gasteiger partial charge in [-0.15, -0.1) is 0 Å². The van der Waals surface area contributed by atoms with Crippen molar-refractivity contribution < 1.29 is 9.90 Å². The molecule has 1 unspecified atom stereocenters. The maximum absolute atomic E-state index is 11.7. The Morgan fingerprint density at radius 3 is 2.21 bits per heavy atom. The highest BCUT2D eigenvalue weighted by atomic mass is 16.3. The zero-order valence-corrected chi connectivity index (χ0v) is 10.0. The predicted molar refractivity (Wildman–Crippen MR) is 58.0 cm³/mol. The molecule has 0 radical (unpaired) electrons. The fourth-order valence-electron chi connectivity index (χ4n) is 1.48. The third kappa shape index (κ3) is 4.61. The highest BCUT2D eigenvalue weighted by Crippen LogP contribution is 2.16. The highest BCUT2D eigenvalue weighted by Gasteiger charge is 2.22. The largest absolute Gasteiger partial charge is 0.396 e. The van der Waals surface area contributed by atoms with Crippen molar-refractivity contribution in [1.82, 2.24) is 4.90 Å². The van der Waals surface area contributed by atoms with Crippen LogP contribution >= 0.6 is 0 Å². The van der Waals surface area contributed by atoms with Crippen LogP contribution < -0.4 is 0 Å². The van der Waals surface area contributed by atoms with Crippen LogP contribution in [0.2, 0.25) is 0 Å². The molecule has 0 spiro atoms. The fraction of sp³-hybridized carbons (Fsp3) is 0.909. The van der Waals surface area contributed by atoms with Crippen LogP contribution in [0.15, 0.2) is 0 Å². The first kappa shape index (κ1) is 13.4. The summed E-state index contributed by atoms with van der Waals surface area (Å²) in [5, 5.41) is 9.00. The van der Waals surface area contributed by atoms with Crippen molar-refractivity contribution in [2.45, 2.75) is 34.1 Å². The molecule has 0 bridgehead atoms. The van der Waals surface area contributed by atoms with Crippen molar-refractivity contribution in [3.8, 4) is 0 Å². The Kier molecular flexibility index (Phi) is 5.13.